The summed E-state index contributed by atoms with van der Waals surface area (Å²) in [5.41, 5.74) is 3.41. The normalized spacial score (nSPS) is 12.6. The quantitative estimate of drug-likeness (QED) is 0.874. The largest absolute Gasteiger partial charge is 0.306 e. The minimum absolute atomic E-state index is 0.220. The highest BCUT2D eigenvalue weighted by Gasteiger charge is 2.09. The van der Waals surface area contributed by atoms with E-state index >= 15 is 0 Å². The molecule has 0 saturated heterocycles. The Balaban J connectivity index is 2.01. The molecule has 0 aliphatic heterocycles. The monoisotopic (exact) mass is 249 g/mol. The first kappa shape index (κ1) is 12.1. The lowest BCUT2D eigenvalue weighted by atomic mass is 10.1. The number of hydrogen-bond donors (Lipinski definition) is 2. The average molecular weight is 250 g/mol. The number of aromatic amines is 1. The molecule has 2 rings (SSSR count). The minimum atomic E-state index is 0.220. The van der Waals surface area contributed by atoms with E-state index in [0.29, 0.717) is 0 Å². The standard InChI is InChI=1S/C13H16ClN3/c1-9-11(8-16-17-9)7-15-10(2)12-5-3-4-6-13(12)14/h3-6,8,10,15H,7H2,1-2H3,(H,16,17). The molecule has 1 atom stereocenters. The summed E-state index contributed by atoms with van der Waals surface area (Å²) in [5, 5.41) is 11.2. The second-order valence-corrected chi connectivity index (χ2v) is 4.55. The van der Waals surface area contributed by atoms with E-state index < -0.39 is 0 Å². The third-order valence-electron chi connectivity index (χ3n) is 2.90. The molecule has 0 bridgehead atoms. The van der Waals surface area contributed by atoms with Gasteiger partial charge in [-0.3, -0.25) is 5.10 Å². The zero-order valence-corrected chi connectivity index (χ0v) is 10.8. The third-order valence-corrected chi connectivity index (χ3v) is 3.25. The van der Waals surface area contributed by atoms with Gasteiger partial charge in [-0.05, 0) is 25.5 Å². The summed E-state index contributed by atoms with van der Waals surface area (Å²) in [6, 6.07) is 8.12. The molecular weight excluding hydrogens is 234 g/mol. The molecule has 0 saturated carbocycles. The van der Waals surface area contributed by atoms with Crippen molar-refractivity contribution in [3.05, 3.63) is 52.3 Å². The molecule has 3 nitrogen and oxygen atoms in total. The molecule has 0 aliphatic rings. The molecular formula is C13H16ClN3. The Bertz CT molecular complexity index is 493. The highest BCUT2D eigenvalue weighted by molar-refractivity contribution is 6.31. The number of rotatable bonds is 4. The van der Waals surface area contributed by atoms with Gasteiger partial charge in [-0.2, -0.15) is 5.10 Å². The van der Waals surface area contributed by atoms with Crippen LogP contribution < -0.4 is 5.32 Å². The van der Waals surface area contributed by atoms with Crippen LogP contribution in [-0.4, -0.2) is 10.2 Å². The molecule has 2 N–H and O–H groups in total. The molecule has 0 amide bonds. The lowest BCUT2D eigenvalue weighted by Gasteiger charge is -2.15. The van der Waals surface area contributed by atoms with Crippen molar-refractivity contribution in [2.45, 2.75) is 26.4 Å². The summed E-state index contributed by atoms with van der Waals surface area (Å²) in [7, 11) is 0. The van der Waals surface area contributed by atoms with Gasteiger partial charge in [-0.1, -0.05) is 29.8 Å². The molecule has 1 aromatic carbocycles. The van der Waals surface area contributed by atoms with Crippen molar-refractivity contribution >= 4 is 11.6 Å². The van der Waals surface area contributed by atoms with Gasteiger partial charge < -0.3 is 5.32 Å². The van der Waals surface area contributed by atoms with Crippen LogP contribution in [0.4, 0.5) is 0 Å². The van der Waals surface area contributed by atoms with Crippen LogP contribution in [0.15, 0.2) is 30.5 Å². The van der Waals surface area contributed by atoms with Gasteiger partial charge in [0.1, 0.15) is 0 Å². The molecule has 90 valence electrons. The Morgan fingerprint density at radius 3 is 2.82 bits per heavy atom. The molecule has 0 aliphatic carbocycles. The van der Waals surface area contributed by atoms with Gasteiger partial charge in [0.05, 0.1) is 6.20 Å². The van der Waals surface area contributed by atoms with Crippen LogP contribution in [-0.2, 0) is 6.54 Å². The Morgan fingerprint density at radius 2 is 2.18 bits per heavy atom. The van der Waals surface area contributed by atoms with Crippen LogP contribution in [0.2, 0.25) is 5.02 Å². The van der Waals surface area contributed by atoms with Crippen LogP contribution >= 0.6 is 11.6 Å². The molecule has 0 spiro atoms. The highest BCUT2D eigenvalue weighted by Crippen LogP contribution is 2.22. The van der Waals surface area contributed by atoms with E-state index in [-0.39, 0.29) is 6.04 Å². The first-order chi connectivity index (χ1) is 8.18. The fourth-order valence-electron chi connectivity index (χ4n) is 1.75. The number of H-pyrrole nitrogens is 1. The zero-order valence-electron chi connectivity index (χ0n) is 10.00. The van der Waals surface area contributed by atoms with Crippen molar-refractivity contribution in [1.29, 1.82) is 0 Å². The van der Waals surface area contributed by atoms with E-state index in [0.717, 1.165) is 22.8 Å². The summed E-state index contributed by atoms with van der Waals surface area (Å²) >= 11 is 6.15. The van der Waals surface area contributed by atoms with Crippen molar-refractivity contribution in [1.82, 2.24) is 15.5 Å². The molecule has 1 unspecified atom stereocenters. The van der Waals surface area contributed by atoms with Crippen LogP contribution in [0.3, 0.4) is 0 Å². The average Bonchev–Trinajstić information content (AvgIpc) is 2.72. The van der Waals surface area contributed by atoms with E-state index in [9.17, 15) is 0 Å². The molecule has 1 aromatic heterocycles. The van der Waals surface area contributed by atoms with Gasteiger partial charge >= 0.3 is 0 Å². The maximum atomic E-state index is 6.15. The van der Waals surface area contributed by atoms with Crippen LogP contribution in [0, 0.1) is 6.92 Å². The van der Waals surface area contributed by atoms with Gasteiger partial charge in [0.25, 0.3) is 0 Å². The number of benzene rings is 1. The molecule has 2 aromatic rings. The van der Waals surface area contributed by atoms with E-state index in [2.05, 4.69) is 22.4 Å². The van der Waals surface area contributed by atoms with Crippen molar-refractivity contribution in [2.75, 3.05) is 0 Å². The summed E-state index contributed by atoms with van der Waals surface area (Å²) in [5.74, 6) is 0. The Hall–Kier alpha value is -1.32. The molecule has 0 fully saturated rings. The number of aryl methyl sites for hydroxylation is 1. The fraction of sp³-hybridized carbons (Fsp3) is 0.308. The van der Waals surface area contributed by atoms with Gasteiger partial charge in [0, 0.05) is 28.9 Å². The van der Waals surface area contributed by atoms with Crippen molar-refractivity contribution < 1.29 is 0 Å². The second kappa shape index (κ2) is 5.34. The van der Waals surface area contributed by atoms with E-state index in [1.54, 1.807) is 0 Å². The summed E-state index contributed by atoms with van der Waals surface area (Å²) < 4.78 is 0. The SMILES string of the molecule is Cc1[nH]ncc1CNC(C)c1ccccc1Cl. The van der Waals surface area contributed by atoms with Crippen LogP contribution in [0.1, 0.15) is 29.8 Å². The second-order valence-electron chi connectivity index (χ2n) is 4.14. The van der Waals surface area contributed by atoms with E-state index in [4.69, 9.17) is 11.6 Å². The van der Waals surface area contributed by atoms with Crippen molar-refractivity contribution in [2.24, 2.45) is 0 Å². The van der Waals surface area contributed by atoms with Crippen LogP contribution in [0.25, 0.3) is 0 Å². The molecule has 0 radical (unpaired) electrons. The first-order valence-corrected chi connectivity index (χ1v) is 6.03. The zero-order chi connectivity index (χ0) is 12.3. The van der Waals surface area contributed by atoms with E-state index in [1.807, 2.05) is 37.4 Å². The molecule has 1 heterocycles. The lowest BCUT2D eigenvalue weighted by Crippen LogP contribution is -2.18. The smallest absolute Gasteiger partial charge is 0.0535 e. The summed E-state index contributed by atoms with van der Waals surface area (Å²) in [6.07, 6.45) is 1.85. The van der Waals surface area contributed by atoms with Crippen LogP contribution in [0.5, 0.6) is 0 Å². The lowest BCUT2D eigenvalue weighted by molar-refractivity contribution is 0.573. The Morgan fingerprint density at radius 1 is 1.41 bits per heavy atom. The first-order valence-electron chi connectivity index (χ1n) is 5.65. The Labute approximate surface area is 106 Å². The minimum Gasteiger partial charge on any atom is -0.306 e. The van der Waals surface area contributed by atoms with E-state index in [1.165, 1.54) is 5.56 Å². The maximum absolute atomic E-state index is 6.15. The number of aromatic nitrogens is 2. The predicted octanol–water partition coefficient (Wildman–Crippen LogP) is 3.22. The number of nitrogens with one attached hydrogen (secondary N) is 2. The maximum Gasteiger partial charge on any atom is 0.0535 e. The molecule has 17 heavy (non-hydrogen) atoms. The predicted molar refractivity (Wildman–Crippen MR) is 70.0 cm³/mol. The highest BCUT2D eigenvalue weighted by atomic mass is 35.5. The van der Waals surface area contributed by atoms with Gasteiger partial charge in [-0.25, -0.2) is 0 Å². The van der Waals surface area contributed by atoms with Gasteiger partial charge in [-0.15, -0.1) is 0 Å². The third kappa shape index (κ3) is 2.87. The number of halogens is 1. The van der Waals surface area contributed by atoms with Gasteiger partial charge in [0.15, 0.2) is 0 Å². The summed E-state index contributed by atoms with van der Waals surface area (Å²) in [4.78, 5) is 0. The van der Waals surface area contributed by atoms with Crippen molar-refractivity contribution in [3.63, 3.8) is 0 Å². The number of hydrogen-bond acceptors (Lipinski definition) is 2. The van der Waals surface area contributed by atoms with Crippen molar-refractivity contribution in [3.8, 4) is 0 Å². The fourth-order valence-corrected chi connectivity index (χ4v) is 2.05. The van der Waals surface area contributed by atoms with Gasteiger partial charge in [0.2, 0.25) is 0 Å². The Kier molecular flexibility index (Phi) is 3.82. The topological polar surface area (TPSA) is 40.7 Å². The summed E-state index contributed by atoms with van der Waals surface area (Å²) in [6.45, 7) is 4.91. The number of nitrogens with zero attached hydrogens (tertiary/aromatic N) is 1. The molecule has 4 heteroatoms.